The highest BCUT2D eigenvalue weighted by Crippen LogP contribution is 2.32. The minimum Gasteiger partial charge on any atom is -0.373 e. The van der Waals surface area contributed by atoms with Crippen LogP contribution in [-0.2, 0) is 4.74 Å². The van der Waals surface area contributed by atoms with Crippen LogP contribution in [0.4, 0.5) is 0 Å². The van der Waals surface area contributed by atoms with Crippen molar-refractivity contribution in [1.82, 2.24) is 15.5 Å². The molecule has 1 aliphatic rings. The van der Waals surface area contributed by atoms with Gasteiger partial charge in [0.15, 0.2) is 0 Å². The van der Waals surface area contributed by atoms with Crippen LogP contribution in [0.15, 0.2) is 4.52 Å². The maximum atomic E-state index is 5.54. The zero-order chi connectivity index (χ0) is 14.4. The highest BCUT2D eigenvalue weighted by Gasteiger charge is 2.29. The number of hydrogen-bond acceptors (Lipinski definition) is 5. The van der Waals surface area contributed by atoms with Crippen molar-refractivity contribution in [2.24, 2.45) is 0 Å². The van der Waals surface area contributed by atoms with E-state index in [4.69, 9.17) is 9.26 Å². The fourth-order valence-corrected chi connectivity index (χ4v) is 3.09. The first-order chi connectivity index (χ1) is 9.80. The summed E-state index contributed by atoms with van der Waals surface area (Å²) in [6.45, 7) is 2.13. The molecule has 0 spiro atoms. The van der Waals surface area contributed by atoms with Gasteiger partial charge in [0.05, 0.1) is 5.92 Å². The van der Waals surface area contributed by atoms with E-state index in [0.717, 1.165) is 25.2 Å². The van der Waals surface area contributed by atoms with Gasteiger partial charge < -0.3 is 14.6 Å². The molecule has 2 rings (SSSR count). The van der Waals surface area contributed by atoms with Gasteiger partial charge in [0.2, 0.25) is 11.7 Å². The molecule has 0 bridgehead atoms. The summed E-state index contributed by atoms with van der Waals surface area (Å²) < 4.78 is 11.0. The first-order valence-corrected chi connectivity index (χ1v) is 7.83. The van der Waals surface area contributed by atoms with Crippen LogP contribution in [0.5, 0.6) is 0 Å². The summed E-state index contributed by atoms with van der Waals surface area (Å²) in [7, 11) is 3.73. The maximum Gasteiger partial charge on any atom is 0.231 e. The highest BCUT2D eigenvalue weighted by molar-refractivity contribution is 5.02. The molecule has 1 N–H and O–H groups in total. The topological polar surface area (TPSA) is 60.2 Å². The average Bonchev–Trinajstić information content (AvgIpc) is 2.82. The average molecular weight is 281 g/mol. The Morgan fingerprint density at radius 2 is 2.15 bits per heavy atom. The molecule has 3 atom stereocenters. The lowest BCUT2D eigenvalue weighted by Crippen LogP contribution is -2.31. The molecule has 0 amide bonds. The highest BCUT2D eigenvalue weighted by atomic mass is 16.5. The number of rotatable bonds is 6. The van der Waals surface area contributed by atoms with Gasteiger partial charge in [-0.2, -0.15) is 4.98 Å². The van der Waals surface area contributed by atoms with Gasteiger partial charge in [0, 0.05) is 13.2 Å². The molecule has 1 fully saturated rings. The molecule has 1 saturated carbocycles. The number of methoxy groups -OCH3 is 1. The smallest absolute Gasteiger partial charge is 0.231 e. The third kappa shape index (κ3) is 3.58. The SMILES string of the molecule is CCCC(OC)c1noc(C2CCCCCC2NC)n1. The molecule has 1 aliphatic carbocycles. The Morgan fingerprint density at radius 1 is 1.35 bits per heavy atom. The van der Waals surface area contributed by atoms with Crippen molar-refractivity contribution in [2.75, 3.05) is 14.2 Å². The zero-order valence-electron chi connectivity index (χ0n) is 12.9. The Morgan fingerprint density at radius 3 is 2.85 bits per heavy atom. The van der Waals surface area contributed by atoms with Gasteiger partial charge >= 0.3 is 0 Å². The van der Waals surface area contributed by atoms with E-state index in [9.17, 15) is 0 Å². The molecule has 0 aromatic carbocycles. The van der Waals surface area contributed by atoms with E-state index in [1.807, 2.05) is 7.05 Å². The summed E-state index contributed by atoms with van der Waals surface area (Å²) in [6.07, 6.45) is 8.05. The number of likely N-dealkylation sites (N-methyl/N-ethyl adjacent to an activating group) is 1. The summed E-state index contributed by atoms with van der Waals surface area (Å²) in [4.78, 5) is 4.62. The first-order valence-electron chi connectivity index (χ1n) is 7.83. The Bertz CT molecular complexity index is 394. The molecule has 3 unspecified atom stereocenters. The molecule has 114 valence electrons. The standard InChI is InChI=1S/C15H27N3O2/c1-4-8-13(19-3)14-17-15(20-18-14)11-9-6-5-7-10-12(11)16-2/h11-13,16H,4-10H2,1-3H3. The van der Waals surface area contributed by atoms with E-state index >= 15 is 0 Å². The van der Waals surface area contributed by atoms with E-state index in [-0.39, 0.29) is 6.10 Å². The van der Waals surface area contributed by atoms with Crippen molar-refractivity contribution in [3.63, 3.8) is 0 Å². The molecule has 5 heteroatoms. The van der Waals surface area contributed by atoms with Gasteiger partial charge in [0.25, 0.3) is 0 Å². The van der Waals surface area contributed by atoms with Crippen molar-refractivity contribution in [3.05, 3.63) is 11.7 Å². The van der Waals surface area contributed by atoms with E-state index in [0.29, 0.717) is 17.8 Å². The Kier molecular flexibility index (Phi) is 5.98. The van der Waals surface area contributed by atoms with Crippen molar-refractivity contribution in [1.29, 1.82) is 0 Å². The Hall–Kier alpha value is -0.940. The second kappa shape index (κ2) is 7.74. The molecule has 20 heavy (non-hydrogen) atoms. The monoisotopic (exact) mass is 281 g/mol. The van der Waals surface area contributed by atoms with Gasteiger partial charge in [-0.25, -0.2) is 0 Å². The molecule has 1 aromatic rings. The predicted molar refractivity (Wildman–Crippen MR) is 77.6 cm³/mol. The van der Waals surface area contributed by atoms with Crippen LogP contribution in [0.25, 0.3) is 0 Å². The molecule has 1 heterocycles. The van der Waals surface area contributed by atoms with E-state index in [1.165, 1.54) is 25.7 Å². The van der Waals surface area contributed by atoms with Gasteiger partial charge in [-0.1, -0.05) is 37.8 Å². The van der Waals surface area contributed by atoms with Crippen LogP contribution >= 0.6 is 0 Å². The fourth-order valence-electron chi connectivity index (χ4n) is 3.09. The lowest BCUT2D eigenvalue weighted by Gasteiger charge is -2.21. The second-order valence-corrected chi connectivity index (χ2v) is 5.64. The first kappa shape index (κ1) is 15.4. The van der Waals surface area contributed by atoms with Crippen molar-refractivity contribution < 1.29 is 9.26 Å². The van der Waals surface area contributed by atoms with Crippen LogP contribution in [0, 0.1) is 0 Å². The van der Waals surface area contributed by atoms with Crippen molar-refractivity contribution in [3.8, 4) is 0 Å². The fraction of sp³-hybridized carbons (Fsp3) is 0.867. The number of aromatic nitrogens is 2. The summed E-state index contributed by atoms with van der Waals surface area (Å²) in [5, 5.41) is 7.55. The summed E-state index contributed by atoms with van der Waals surface area (Å²) in [5.74, 6) is 1.81. The lowest BCUT2D eigenvalue weighted by molar-refractivity contribution is 0.0854. The maximum absolute atomic E-state index is 5.54. The van der Waals surface area contributed by atoms with Crippen LogP contribution in [0.2, 0.25) is 0 Å². The number of nitrogens with zero attached hydrogens (tertiary/aromatic N) is 2. The number of hydrogen-bond donors (Lipinski definition) is 1. The van der Waals surface area contributed by atoms with E-state index in [1.54, 1.807) is 7.11 Å². The second-order valence-electron chi connectivity index (χ2n) is 5.64. The van der Waals surface area contributed by atoms with Crippen LogP contribution in [0.1, 0.15) is 75.6 Å². The zero-order valence-corrected chi connectivity index (χ0v) is 12.9. The normalized spacial score (nSPS) is 25.4. The van der Waals surface area contributed by atoms with E-state index in [2.05, 4.69) is 22.4 Å². The van der Waals surface area contributed by atoms with Crippen molar-refractivity contribution in [2.45, 2.75) is 69.9 Å². The molecular formula is C15H27N3O2. The van der Waals surface area contributed by atoms with Gasteiger partial charge in [-0.3, -0.25) is 0 Å². The summed E-state index contributed by atoms with van der Waals surface area (Å²) in [5.41, 5.74) is 0. The Balaban J connectivity index is 2.13. The molecule has 0 saturated heterocycles. The van der Waals surface area contributed by atoms with Gasteiger partial charge in [0.1, 0.15) is 6.10 Å². The minimum absolute atomic E-state index is 0.0451. The largest absolute Gasteiger partial charge is 0.373 e. The molecule has 1 aromatic heterocycles. The van der Waals surface area contributed by atoms with Gasteiger partial charge in [-0.05, 0) is 26.3 Å². The van der Waals surface area contributed by atoms with Crippen molar-refractivity contribution >= 4 is 0 Å². The van der Waals surface area contributed by atoms with Crippen LogP contribution < -0.4 is 5.32 Å². The summed E-state index contributed by atoms with van der Waals surface area (Å²) >= 11 is 0. The number of ether oxygens (including phenoxy) is 1. The lowest BCUT2D eigenvalue weighted by atomic mass is 9.95. The quantitative estimate of drug-likeness (QED) is 0.811. The van der Waals surface area contributed by atoms with Gasteiger partial charge in [-0.15, -0.1) is 0 Å². The Labute approximate surface area is 121 Å². The molecule has 0 aliphatic heterocycles. The molecule has 5 nitrogen and oxygen atoms in total. The molecular weight excluding hydrogens is 254 g/mol. The molecule has 0 radical (unpaired) electrons. The van der Waals surface area contributed by atoms with E-state index < -0.39 is 0 Å². The third-order valence-corrected chi connectivity index (χ3v) is 4.28. The third-order valence-electron chi connectivity index (χ3n) is 4.28. The van der Waals surface area contributed by atoms with Crippen LogP contribution in [0.3, 0.4) is 0 Å². The summed E-state index contributed by atoms with van der Waals surface area (Å²) in [6, 6.07) is 0.443. The van der Waals surface area contributed by atoms with Crippen LogP contribution in [-0.4, -0.2) is 30.3 Å². The predicted octanol–water partition coefficient (Wildman–Crippen LogP) is 3.19. The number of nitrogens with one attached hydrogen (secondary N) is 1. The minimum atomic E-state index is -0.0451.